The Labute approximate surface area is 84.7 Å². The molecule has 2 unspecified atom stereocenters. The molecule has 1 saturated heterocycles. The van der Waals surface area contributed by atoms with Crippen LogP contribution in [0.15, 0.2) is 0 Å². The molecule has 1 fully saturated rings. The van der Waals surface area contributed by atoms with Crippen LogP contribution in [0, 0.1) is 5.92 Å². The monoisotopic (exact) mass is 223 g/mol. The van der Waals surface area contributed by atoms with Crippen LogP contribution in [0.25, 0.3) is 0 Å². The van der Waals surface area contributed by atoms with E-state index in [0.29, 0.717) is 6.54 Å². The van der Waals surface area contributed by atoms with Crippen LogP contribution in [0.2, 0.25) is 0 Å². The number of aliphatic hydroxyl groups excluding tert-OH is 1. The van der Waals surface area contributed by atoms with Crippen LogP contribution < -0.4 is 0 Å². The molecule has 0 aliphatic carbocycles. The first-order chi connectivity index (χ1) is 6.51. The molecule has 1 aliphatic heterocycles. The van der Waals surface area contributed by atoms with Crippen molar-refractivity contribution in [2.45, 2.75) is 13.0 Å². The summed E-state index contributed by atoms with van der Waals surface area (Å²) in [5.74, 6) is 0.304. The minimum absolute atomic E-state index is 0.130. The number of hydrogen-bond acceptors (Lipinski definition) is 4. The molecule has 0 aromatic heterocycles. The maximum atomic E-state index is 11.6. The van der Waals surface area contributed by atoms with Gasteiger partial charge in [0.25, 0.3) is 0 Å². The third-order valence-electron chi connectivity index (χ3n) is 2.32. The van der Waals surface area contributed by atoms with Gasteiger partial charge in [0.15, 0.2) is 0 Å². The van der Waals surface area contributed by atoms with Crippen LogP contribution in [-0.2, 0) is 14.8 Å². The highest BCUT2D eigenvalue weighted by molar-refractivity contribution is 7.89. The zero-order chi connectivity index (χ0) is 10.8. The van der Waals surface area contributed by atoms with Gasteiger partial charge < -0.3 is 9.84 Å². The SMILES string of the molecule is COCC(CO)N1CC(C)CS1(=O)=O. The Kier molecular flexibility index (Phi) is 3.88. The fourth-order valence-corrected chi connectivity index (χ4v) is 3.80. The van der Waals surface area contributed by atoms with Crippen molar-refractivity contribution in [3.05, 3.63) is 0 Å². The smallest absolute Gasteiger partial charge is 0.214 e. The molecule has 1 heterocycles. The van der Waals surface area contributed by atoms with Gasteiger partial charge in [0.1, 0.15) is 0 Å². The first-order valence-electron chi connectivity index (χ1n) is 4.60. The summed E-state index contributed by atoms with van der Waals surface area (Å²) in [4.78, 5) is 0. The molecule has 0 radical (unpaired) electrons. The fourth-order valence-electron chi connectivity index (χ4n) is 1.72. The van der Waals surface area contributed by atoms with E-state index in [9.17, 15) is 8.42 Å². The van der Waals surface area contributed by atoms with E-state index in [-0.39, 0.29) is 24.9 Å². The molecule has 0 bridgehead atoms. The van der Waals surface area contributed by atoms with Crippen LogP contribution >= 0.6 is 0 Å². The van der Waals surface area contributed by atoms with E-state index in [4.69, 9.17) is 9.84 Å². The second-order valence-electron chi connectivity index (χ2n) is 3.75. The largest absolute Gasteiger partial charge is 0.395 e. The average molecular weight is 223 g/mol. The Hall–Kier alpha value is -0.170. The number of nitrogens with zero attached hydrogens (tertiary/aromatic N) is 1. The molecule has 0 spiro atoms. The summed E-state index contributed by atoms with van der Waals surface area (Å²) >= 11 is 0. The van der Waals surface area contributed by atoms with Gasteiger partial charge in [-0.15, -0.1) is 0 Å². The van der Waals surface area contributed by atoms with Crippen molar-refractivity contribution in [2.24, 2.45) is 5.92 Å². The lowest BCUT2D eigenvalue weighted by atomic mass is 10.2. The Morgan fingerprint density at radius 3 is 2.64 bits per heavy atom. The van der Waals surface area contributed by atoms with E-state index in [0.717, 1.165) is 0 Å². The molecule has 0 aromatic rings. The van der Waals surface area contributed by atoms with Gasteiger partial charge in [-0.2, -0.15) is 4.31 Å². The summed E-state index contributed by atoms with van der Waals surface area (Å²) in [6.45, 7) is 2.41. The molecule has 1 N–H and O–H groups in total. The van der Waals surface area contributed by atoms with Gasteiger partial charge in [-0.3, -0.25) is 0 Å². The summed E-state index contributed by atoms with van der Waals surface area (Å²) < 4.78 is 29.4. The van der Waals surface area contributed by atoms with Gasteiger partial charge in [-0.1, -0.05) is 6.92 Å². The van der Waals surface area contributed by atoms with Gasteiger partial charge in [-0.25, -0.2) is 8.42 Å². The van der Waals surface area contributed by atoms with Crippen molar-refractivity contribution in [3.8, 4) is 0 Å². The van der Waals surface area contributed by atoms with E-state index >= 15 is 0 Å². The minimum Gasteiger partial charge on any atom is -0.395 e. The zero-order valence-corrected chi connectivity index (χ0v) is 9.33. The van der Waals surface area contributed by atoms with Crippen molar-refractivity contribution in [1.29, 1.82) is 0 Å². The van der Waals surface area contributed by atoms with E-state index in [2.05, 4.69) is 0 Å². The summed E-state index contributed by atoms with van der Waals surface area (Å²) in [6.07, 6.45) is 0. The fraction of sp³-hybridized carbons (Fsp3) is 1.00. The van der Waals surface area contributed by atoms with Crippen molar-refractivity contribution in [2.75, 3.05) is 32.6 Å². The number of ether oxygens (including phenoxy) is 1. The van der Waals surface area contributed by atoms with E-state index in [1.807, 2.05) is 6.92 Å². The first kappa shape index (κ1) is 11.9. The zero-order valence-electron chi connectivity index (χ0n) is 8.51. The standard InChI is InChI=1S/C8H17NO4S/c1-7-3-9(14(11,12)6-7)8(4-10)5-13-2/h7-8,10H,3-6H2,1-2H3. The molecule has 2 atom stereocenters. The van der Waals surface area contributed by atoms with E-state index < -0.39 is 16.1 Å². The lowest BCUT2D eigenvalue weighted by Crippen LogP contribution is -2.42. The number of methoxy groups -OCH3 is 1. The molecule has 14 heavy (non-hydrogen) atoms. The van der Waals surface area contributed by atoms with Crippen LogP contribution in [0.3, 0.4) is 0 Å². The summed E-state index contributed by atoms with van der Waals surface area (Å²) in [7, 11) is -1.68. The molecule has 1 rings (SSSR count). The van der Waals surface area contributed by atoms with Crippen LogP contribution in [0.5, 0.6) is 0 Å². The molecule has 1 aliphatic rings. The third kappa shape index (κ3) is 2.44. The van der Waals surface area contributed by atoms with Crippen LogP contribution in [0.1, 0.15) is 6.92 Å². The van der Waals surface area contributed by atoms with Crippen molar-refractivity contribution in [1.82, 2.24) is 4.31 Å². The highest BCUT2D eigenvalue weighted by Crippen LogP contribution is 2.21. The molecular weight excluding hydrogens is 206 g/mol. The lowest BCUT2D eigenvalue weighted by Gasteiger charge is -2.23. The van der Waals surface area contributed by atoms with Crippen molar-refractivity contribution in [3.63, 3.8) is 0 Å². The molecular formula is C8H17NO4S. The van der Waals surface area contributed by atoms with Gasteiger partial charge in [0, 0.05) is 13.7 Å². The van der Waals surface area contributed by atoms with Gasteiger partial charge in [-0.05, 0) is 5.92 Å². The Balaban J connectivity index is 2.75. The molecule has 6 heteroatoms. The maximum Gasteiger partial charge on any atom is 0.214 e. The van der Waals surface area contributed by atoms with E-state index in [1.165, 1.54) is 11.4 Å². The number of hydrogen-bond donors (Lipinski definition) is 1. The molecule has 0 amide bonds. The minimum atomic E-state index is -3.18. The predicted octanol–water partition coefficient (Wildman–Crippen LogP) is -0.725. The van der Waals surface area contributed by atoms with Gasteiger partial charge in [0.05, 0.1) is 25.0 Å². The Morgan fingerprint density at radius 2 is 2.29 bits per heavy atom. The lowest BCUT2D eigenvalue weighted by molar-refractivity contribution is 0.0929. The summed E-state index contributed by atoms with van der Waals surface area (Å²) in [5, 5.41) is 9.05. The average Bonchev–Trinajstić information content (AvgIpc) is 2.35. The Morgan fingerprint density at radius 1 is 1.64 bits per heavy atom. The second-order valence-corrected chi connectivity index (χ2v) is 5.71. The van der Waals surface area contributed by atoms with Gasteiger partial charge >= 0.3 is 0 Å². The molecule has 84 valence electrons. The Bertz CT molecular complexity index is 277. The predicted molar refractivity (Wildman–Crippen MR) is 52.4 cm³/mol. The highest BCUT2D eigenvalue weighted by Gasteiger charge is 2.37. The van der Waals surface area contributed by atoms with Crippen molar-refractivity contribution < 1.29 is 18.3 Å². The molecule has 0 aromatic carbocycles. The van der Waals surface area contributed by atoms with Crippen LogP contribution in [-0.4, -0.2) is 56.5 Å². The summed E-state index contributed by atoms with van der Waals surface area (Å²) in [5.41, 5.74) is 0. The first-order valence-corrected chi connectivity index (χ1v) is 6.21. The van der Waals surface area contributed by atoms with E-state index in [1.54, 1.807) is 0 Å². The molecule has 5 nitrogen and oxygen atoms in total. The third-order valence-corrected chi connectivity index (χ3v) is 4.47. The maximum absolute atomic E-state index is 11.6. The quantitative estimate of drug-likeness (QED) is 0.682. The second kappa shape index (κ2) is 4.57. The highest BCUT2D eigenvalue weighted by atomic mass is 32.2. The van der Waals surface area contributed by atoms with Crippen molar-refractivity contribution >= 4 is 10.0 Å². The number of aliphatic hydroxyl groups is 1. The molecule has 0 saturated carbocycles. The number of rotatable bonds is 4. The normalized spacial score (nSPS) is 29.2. The van der Waals surface area contributed by atoms with Gasteiger partial charge in [0.2, 0.25) is 10.0 Å². The number of sulfonamides is 1. The summed E-state index contributed by atoms with van der Waals surface area (Å²) in [6, 6.07) is -0.435. The van der Waals surface area contributed by atoms with Crippen LogP contribution in [0.4, 0.5) is 0 Å². The topological polar surface area (TPSA) is 66.8 Å².